The summed E-state index contributed by atoms with van der Waals surface area (Å²) in [6.07, 6.45) is 1.76. The van der Waals surface area contributed by atoms with Gasteiger partial charge in [-0.3, -0.25) is 9.11 Å². The second-order valence-corrected chi connectivity index (χ2v) is 4.58. The number of nitrogens with zero attached hydrogens (tertiary/aromatic N) is 1. The van der Waals surface area contributed by atoms with E-state index in [0.29, 0.717) is 6.04 Å². The molecule has 1 aliphatic rings. The molecular weight excluding hydrogens is 160 g/mol. The first-order valence-corrected chi connectivity index (χ1v) is 5.64. The number of hydrogen-bond donors (Lipinski definition) is 1. The zero-order valence-electron chi connectivity index (χ0n) is 7.17. The Morgan fingerprint density at radius 3 is 2.73 bits per heavy atom. The highest BCUT2D eigenvalue weighted by Crippen LogP contribution is 2.05. The van der Waals surface area contributed by atoms with E-state index in [1.54, 1.807) is 6.26 Å². The van der Waals surface area contributed by atoms with E-state index in [0.717, 1.165) is 25.4 Å². The Kier molecular flexibility index (Phi) is 3.48. The maximum atomic E-state index is 10.7. The van der Waals surface area contributed by atoms with Gasteiger partial charge >= 0.3 is 0 Å². The van der Waals surface area contributed by atoms with Gasteiger partial charge in [-0.25, -0.2) is 0 Å². The lowest BCUT2D eigenvalue weighted by molar-refractivity contribution is 0.141. The molecule has 0 radical (unpaired) electrons. The van der Waals surface area contributed by atoms with Crippen LogP contribution in [0.3, 0.4) is 0 Å². The van der Waals surface area contributed by atoms with Crippen LogP contribution >= 0.6 is 0 Å². The van der Waals surface area contributed by atoms with Gasteiger partial charge in [-0.05, 0) is 7.05 Å². The Labute approximate surface area is 70.6 Å². The molecule has 1 fully saturated rings. The first-order chi connectivity index (χ1) is 5.22. The minimum atomic E-state index is -0.629. The average molecular weight is 176 g/mol. The van der Waals surface area contributed by atoms with E-state index < -0.39 is 10.8 Å². The molecule has 1 heterocycles. The first kappa shape index (κ1) is 9.16. The summed E-state index contributed by atoms with van der Waals surface area (Å²) in [4.78, 5) is 2.32. The fourth-order valence-electron chi connectivity index (χ4n) is 1.19. The van der Waals surface area contributed by atoms with Crippen LogP contribution in [0.2, 0.25) is 0 Å². The number of likely N-dealkylation sites (tertiary alicyclic amines) is 1. The van der Waals surface area contributed by atoms with Crippen molar-refractivity contribution < 1.29 is 4.21 Å². The fraction of sp³-hybridized carbons (Fsp3) is 1.00. The van der Waals surface area contributed by atoms with E-state index in [1.165, 1.54) is 0 Å². The van der Waals surface area contributed by atoms with Gasteiger partial charge in [0.1, 0.15) is 0 Å². The summed E-state index contributed by atoms with van der Waals surface area (Å²) in [7, 11) is 1.36. The van der Waals surface area contributed by atoms with Crippen molar-refractivity contribution in [3.05, 3.63) is 0 Å². The number of rotatable bonds is 4. The predicted molar refractivity (Wildman–Crippen MR) is 48.2 cm³/mol. The van der Waals surface area contributed by atoms with E-state index >= 15 is 0 Å². The van der Waals surface area contributed by atoms with Crippen LogP contribution in [0.25, 0.3) is 0 Å². The first-order valence-electron chi connectivity index (χ1n) is 3.92. The molecule has 1 atom stereocenters. The van der Waals surface area contributed by atoms with Crippen molar-refractivity contribution in [3.63, 3.8) is 0 Å². The normalized spacial score (nSPS) is 23.1. The van der Waals surface area contributed by atoms with Crippen molar-refractivity contribution in [2.24, 2.45) is 0 Å². The van der Waals surface area contributed by atoms with Crippen molar-refractivity contribution >= 4 is 10.8 Å². The van der Waals surface area contributed by atoms with Crippen LogP contribution in [-0.2, 0) is 10.8 Å². The molecule has 0 spiro atoms. The molecule has 0 aliphatic carbocycles. The summed E-state index contributed by atoms with van der Waals surface area (Å²) >= 11 is 0. The zero-order valence-corrected chi connectivity index (χ0v) is 7.99. The second kappa shape index (κ2) is 4.18. The monoisotopic (exact) mass is 176 g/mol. The molecule has 1 saturated heterocycles. The highest BCUT2D eigenvalue weighted by Gasteiger charge is 2.24. The minimum Gasteiger partial charge on any atom is -0.315 e. The summed E-state index contributed by atoms with van der Waals surface area (Å²) in [5.74, 6) is 0.816. The van der Waals surface area contributed by atoms with E-state index in [4.69, 9.17) is 0 Å². The summed E-state index contributed by atoms with van der Waals surface area (Å²) in [6.45, 7) is 3.22. The van der Waals surface area contributed by atoms with Gasteiger partial charge in [0.05, 0.1) is 0 Å². The van der Waals surface area contributed by atoms with Gasteiger partial charge < -0.3 is 5.32 Å². The number of hydrogen-bond acceptors (Lipinski definition) is 3. The lowest BCUT2D eigenvalue weighted by Crippen LogP contribution is -2.57. The third-order valence-electron chi connectivity index (χ3n) is 2.06. The van der Waals surface area contributed by atoms with Crippen LogP contribution in [0.1, 0.15) is 0 Å². The number of likely N-dealkylation sites (N-methyl/N-ethyl adjacent to an activating group) is 1. The predicted octanol–water partition coefficient (Wildman–Crippen LogP) is -0.731. The molecule has 1 rings (SSSR count). The minimum absolute atomic E-state index is 0.629. The van der Waals surface area contributed by atoms with Gasteiger partial charge in [0.25, 0.3) is 0 Å². The zero-order chi connectivity index (χ0) is 8.27. The third-order valence-corrected chi connectivity index (χ3v) is 2.82. The van der Waals surface area contributed by atoms with Crippen LogP contribution in [0.4, 0.5) is 0 Å². The van der Waals surface area contributed by atoms with Crippen molar-refractivity contribution in [1.82, 2.24) is 10.2 Å². The van der Waals surface area contributed by atoms with Gasteiger partial charge in [-0.15, -0.1) is 0 Å². The Hall–Kier alpha value is 0.0700. The van der Waals surface area contributed by atoms with E-state index in [-0.39, 0.29) is 0 Å². The molecule has 1 aliphatic heterocycles. The summed E-state index contributed by atoms with van der Waals surface area (Å²) in [6, 6.07) is 0.667. The van der Waals surface area contributed by atoms with E-state index in [2.05, 4.69) is 10.2 Å². The quantitative estimate of drug-likeness (QED) is 0.613. The fourth-order valence-corrected chi connectivity index (χ4v) is 1.71. The van der Waals surface area contributed by atoms with E-state index in [9.17, 15) is 4.21 Å². The lowest BCUT2D eigenvalue weighted by atomic mass is 10.1. The van der Waals surface area contributed by atoms with Crippen molar-refractivity contribution in [1.29, 1.82) is 0 Å². The van der Waals surface area contributed by atoms with Gasteiger partial charge in [0.15, 0.2) is 0 Å². The molecule has 66 valence electrons. The smallest absolute Gasteiger partial charge is 0.0359 e. The van der Waals surface area contributed by atoms with Crippen LogP contribution in [0.15, 0.2) is 0 Å². The molecule has 3 nitrogen and oxygen atoms in total. The third kappa shape index (κ3) is 2.89. The molecule has 11 heavy (non-hydrogen) atoms. The second-order valence-electron chi connectivity index (χ2n) is 3.02. The topological polar surface area (TPSA) is 32.3 Å². The van der Waals surface area contributed by atoms with E-state index in [1.807, 2.05) is 7.05 Å². The maximum Gasteiger partial charge on any atom is 0.0359 e. The van der Waals surface area contributed by atoms with Gasteiger partial charge in [-0.1, -0.05) is 0 Å². The SMILES string of the molecule is CNC1CN(CCS(C)=O)C1. The molecule has 4 heteroatoms. The van der Waals surface area contributed by atoms with Crippen molar-refractivity contribution in [3.8, 4) is 0 Å². The van der Waals surface area contributed by atoms with Gasteiger partial charge in [0.2, 0.25) is 0 Å². The average Bonchev–Trinajstić information content (AvgIpc) is 1.84. The summed E-state index contributed by atoms with van der Waals surface area (Å²) in [5, 5.41) is 3.20. The Morgan fingerprint density at radius 2 is 2.27 bits per heavy atom. The Bertz CT molecular complexity index is 145. The highest BCUT2D eigenvalue weighted by molar-refractivity contribution is 7.84. The van der Waals surface area contributed by atoms with Crippen LogP contribution in [0.5, 0.6) is 0 Å². The maximum absolute atomic E-state index is 10.7. The molecule has 1 unspecified atom stereocenters. The molecule has 0 aromatic heterocycles. The molecule has 0 bridgehead atoms. The van der Waals surface area contributed by atoms with Gasteiger partial charge in [-0.2, -0.15) is 0 Å². The van der Waals surface area contributed by atoms with Crippen LogP contribution in [-0.4, -0.2) is 53.8 Å². The molecular formula is C7H16N2OS. The van der Waals surface area contributed by atoms with Crippen molar-refractivity contribution in [2.75, 3.05) is 38.7 Å². The largest absolute Gasteiger partial charge is 0.315 e. The van der Waals surface area contributed by atoms with Crippen LogP contribution in [0, 0.1) is 0 Å². The standard InChI is InChI=1S/C7H16N2OS/c1-8-7-5-9(6-7)3-4-11(2)10/h7-8H,3-6H2,1-2H3. The molecule has 1 N–H and O–H groups in total. The molecule has 0 aromatic carbocycles. The van der Waals surface area contributed by atoms with Crippen LogP contribution < -0.4 is 5.32 Å². The highest BCUT2D eigenvalue weighted by atomic mass is 32.2. The summed E-state index contributed by atoms with van der Waals surface area (Å²) in [5.41, 5.74) is 0. The lowest BCUT2D eigenvalue weighted by Gasteiger charge is -2.38. The summed E-state index contributed by atoms with van der Waals surface area (Å²) < 4.78 is 10.7. The Balaban J connectivity index is 2.00. The number of nitrogens with one attached hydrogen (secondary N) is 1. The molecule has 0 saturated carbocycles. The molecule has 0 aromatic rings. The molecule has 0 amide bonds. The van der Waals surface area contributed by atoms with Crippen molar-refractivity contribution in [2.45, 2.75) is 6.04 Å². The van der Waals surface area contributed by atoms with Gasteiger partial charge in [0, 0.05) is 48.5 Å². The Morgan fingerprint density at radius 1 is 1.64 bits per heavy atom.